The van der Waals surface area contributed by atoms with Gasteiger partial charge in [0.25, 0.3) is 0 Å². The van der Waals surface area contributed by atoms with Crippen molar-refractivity contribution in [1.82, 2.24) is 0 Å². The summed E-state index contributed by atoms with van der Waals surface area (Å²) in [7, 11) is 0. The first-order valence-corrected chi connectivity index (χ1v) is 11.3. The van der Waals surface area contributed by atoms with Crippen LogP contribution >= 0.6 is 0 Å². The number of fused-ring (bicyclic) bond motifs is 5. The number of ketones is 1. The third-order valence-electron chi connectivity index (χ3n) is 8.32. The van der Waals surface area contributed by atoms with E-state index in [1.807, 2.05) is 13.8 Å². The number of hydrogen-bond donors (Lipinski definition) is 2. The SMILES string of the molecule is C/C1=C/CC(C)(C)/C=C/CC2(C)OC3OC4(C(=O)O)OC(CC2CC1O)(C3=O)C1(C)OC41. The summed E-state index contributed by atoms with van der Waals surface area (Å²) in [6.07, 6.45) is 5.06. The van der Waals surface area contributed by atoms with Gasteiger partial charge < -0.3 is 29.2 Å². The Balaban J connectivity index is 1.61. The van der Waals surface area contributed by atoms with Crippen LogP contribution in [0.25, 0.3) is 0 Å². The summed E-state index contributed by atoms with van der Waals surface area (Å²) < 4.78 is 23.9. The van der Waals surface area contributed by atoms with Gasteiger partial charge in [0.05, 0.1) is 11.7 Å². The number of aliphatic hydroxyl groups is 1. The first-order chi connectivity index (χ1) is 14.8. The van der Waals surface area contributed by atoms with Gasteiger partial charge in [-0.1, -0.05) is 32.1 Å². The van der Waals surface area contributed by atoms with Gasteiger partial charge in [0.15, 0.2) is 11.7 Å². The highest BCUT2D eigenvalue weighted by Gasteiger charge is 2.90. The molecule has 1 aliphatic carbocycles. The lowest BCUT2D eigenvalue weighted by Crippen LogP contribution is -2.64. The largest absolute Gasteiger partial charge is 0.477 e. The number of epoxide rings is 1. The molecule has 4 fully saturated rings. The Kier molecular flexibility index (Phi) is 4.52. The van der Waals surface area contributed by atoms with Crippen LogP contribution < -0.4 is 0 Å². The van der Waals surface area contributed by atoms with E-state index >= 15 is 0 Å². The Morgan fingerprint density at radius 2 is 1.84 bits per heavy atom. The number of aliphatic carboxylic acids is 1. The molecule has 0 saturated carbocycles. The number of carbonyl (C=O) groups is 2. The summed E-state index contributed by atoms with van der Waals surface area (Å²) in [6.45, 7) is 9.77. The lowest BCUT2D eigenvalue weighted by atomic mass is 9.71. The van der Waals surface area contributed by atoms with Crippen LogP contribution in [0.1, 0.15) is 60.3 Å². The van der Waals surface area contributed by atoms with Crippen molar-refractivity contribution in [2.75, 3.05) is 0 Å². The van der Waals surface area contributed by atoms with Crippen molar-refractivity contribution in [2.45, 2.75) is 101 Å². The molecule has 5 rings (SSSR count). The van der Waals surface area contributed by atoms with Crippen LogP contribution in [0.2, 0.25) is 0 Å². The minimum Gasteiger partial charge on any atom is -0.477 e. The highest BCUT2D eigenvalue weighted by molar-refractivity contribution is 5.97. The van der Waals surface area contributed by atoms with E-state index in [0.717, 1.165) is 12.0 Å². The molecule has 0 radical (unpaired) electrons. The molecule has 1 spiro atoms. The fourth-order valence-electron chi connectivity index (χ4n) is 5.93. The predicted molar refractivity (Wildman–Crippen MR) is 111 cm³/mol. The molecule has 4 aliphatic heterocycles. The van der Waals surface area contributed by atoms with E-state index in [1.54, 1.807) is 6.92 Å². The Bertz CT molecular complexity index is 938. The third-order valence-corrected chi connectivity index (χ3v) is 8.32. The number of rotatable bonds is 1. The lowest BCUT2D eigenvalue weighted by molar-refractivity contribution is -0.350. The number of carbonyl (C=O) groups excluding carboxylic acids is 1. The molecule has 4 saturated heterocycles. The van der Waals surface area contributed by atoms with Crippen LogP contribution in [0.3, 0.4) is 0 Å². The van der Waals surface area contributed by atoms with E-state index in [0.29, 0.717) is 12.8 Å². The quantitative estimate of drug-likeness (QED) is 0.464. The molecule has 0 aromatic rings. The van der Waals surface area contributed by atoms with Crippen molar-refractivity contribution in [2.24, 2.45) is 11.3 Å². The maximum atomic E-state index is 13.6. The second-order valence-corrected chi connectivity index (χ2v) is 11.2. The Morgan fingerprint density at radius 3 is 2.53 bits per heavy atom. The summed E-state index contributed by atoms with van der Waals surface area (Å²) >= 11 is 0. The summed E-state index contributed by atoms with van der Waals surface area (Å²) in [5, 5.41) is 21.0. The first kappa shape index (κ1) is 22.2. The average molecular weight is 449 g/mol. The van der Waals surface area contributed by atoms with Gasteiger partial charge in [-0.05, 0) is 63.4 Å². The minimum absolute atomic E-state index is 0.110. The van der Waals surface area contributed by atoms with Gasteiger partial charge in [-0.15, -0.1) is 0 Å². The highest BCUT2D eigenvalue weighted by atomic mass is 16.9. The van der Waals surface area contributed by atoms with E-state index in [1.165, 1.54) is 0 Å². The molecular formula is C24H32O8. The van der Waals surface area contributed by atoms with Gasteiger partial charge in [0.2, 0.25) is 12.1 Å². The molecular weight excluding hydrogens is 416 g/mol. The summed E-state index contributed by atoms with van der Waals surface area (Å²) in [5.41, 5.74) is -2.73. The smallest absolute Gasteiger partial charge is 0.367 e. The van der Waals surface area contributed by atoms with Gasteiger partial charge in [-0.2, -0.15) is 0 Å². The summed E-state index contributed by atoms with van der Waals surface area (Å²) in [6, 6.07) is 0. The molecule has 8 atom stereocenters. The van der Waals surface area contributed by atoms with E-state index in [9.17, 15) is 19.8 Å². The average Bonchev–Trinajstić information content (AvgIpc) is 3.37. The second kappa shape index (κ2) is 6.51. The van der Waals surface area contributed by atoms with E-state index < -0.39 is 52.8 Å². The summed E-state index contributed by atoms with van der Waals surface area (Å²) in [5.74, 6) is -4.15. The lowest BCUT2D eigenvalue weighted by Gasteiger charge is -2.42. The van der Waals surface area contributed by atoms with Gasteiger partial charge in [-0.3, -0.25) is 4.79 Å². The molecule has 0 aromatic carbocycles. The topological polar surface area (TPSA) is 115 Å². The highest BCUT2D eigenvalue weighted by Crippen LogP contribution is 2.67. The monoisotopic (exact) mass is 448 g/mol. The molecule has 176 valence electrons. The molecule has 8 unspecified atom stereocenters. The van der Waals surface area contributed by atoms with Crippen molar-refractivity contribution in [3.63, 3.8) is 0 Å². The fourth-order valence-corrected chi connectivity index (χ4v) is 5.93. The van der Waals surface area contributed by atoms with Crippen LogP contribution in [0.15, 0.2) is 23.8 Å². The number of allylic oxidation sites excluding steroid dienone is 2. The van der Waals surface area contributed by atoms with Crippen molar-refractivity contribution in [3.05, 3.63) is 23.8 Å². The fraction of sp³-hybridized carbons (Fsp3) is 0.750. The number of hydrogen-bond acceptors (Lipinski definition) is 7. The number of carboxylic acid groups (broad SMARTS) is 1. The number of Topliss-reactive ketones (excluding diaryl/α,β-unsaturated/α-hetero) is 1. The van der Waals surface area contributed by atoms with Crippen LogP contribution in [0.5, 0.6) is 0 Å². The number of ether oxygens (including phenoxy) is 4. The molecule has 4 heterocycles. The van der Waals surface area contributed by atoms with Gasteiger partial charge >= 0.3 is 11.8 Å². The zero-order chi connectivity index (χ0) is 23.3. The minimum atomic E-state index is -2.07. The molecule has 5 aliphatic rings. The number of carboxylic acids is 1. The van der Waals surface area contributed by atoms with E-state index in [4.69, 9.17) is 18.9 Å². The zero-order valence-corrected chi connectivity index (χ0v) is 19.2. The van der Waals surface area contributed by atoms with Crippen molar-refractivity contribution >= 4 is 11.8 Å². The van der Waals surface area contributed by atoms with Crippen LogP contribution in [0.4, 0.5) is 0 Å². The van der Waals surface area contributed by atoms with Gasteiger partial charge in [0.1, 0.15) is 5.60 Å². The first-order valence-electron chi connectivity index (χ1n) is 11.3. The Labute approximate surface area is 187 Å². The molecule has 32 heavy (non-hydrogen) atoms. The molecule has 8 heteroatoms. The second-order valence-electron chi connectivity index (χ2n) is 11.2. The van der Waals surface area contributed by atoms with Crippen LogP contribution in [0, 0.1) is 11.3 Å². The maximum absolute atomic E-state index is 13.6. The summed E-state index contributed by atoms with van der Waals surface area (Å²) in [4.78, 5) is 25.8. The molecule has 0 aromatic heterocycles. The molecule has 0 amide bonds. The van der Waals surface area contributed by atoms with Crippen molar-refractivity contribution < 1.29 is 38.7 Å². The van der Waals surface area contributed by atoms with Gasteiger partial charge in [-0.25, -0.2) is 4.79 Å². The molecule has 2 N–H and O–H groups in total. The van der Waals surface area contributed by atoms with E-state index in [2.05, 4.69) is 32.1 Å². The Morgan fingerprint density at radius 1 is 1.12 bits per heavy atom. The number of aliphatic hydroxyl groups excluding tert-OH is 1. The van der Waals surface area contributed by atoms with Gasteiger partial charge in [0, 0.05) is 0 Å². The predicted octanol–water partition coefficient (Wildman–Crippen LogP) is 2.49. The van der Waals surface area contributed by atoms with Crippen molar-refractivity contribution in [3.8, 4) is 0 Å². The zero-order valence-electron chi connectivity index (χ0n) is 19.2. The third kappa shape index (κ3) is 2.80. The van der Waals surface area contributed by atoms with Crippen molar-refractivity contribution in [1.29, 1.82) is 0 Å². The van der Waals surface area contributed by atoms with E-state index in [-0.39, 0.29) is 17.8 Å². The normalized spacial score (nSPS) is 54.2. The molecule has 3 bridgehead atoms. The Hall–Kier alpha value is -1.58. The van der Waals surface area contributed by atoms with Crippen LogP contribution in [-0.2, 0) is 28.5 Å². The standard InChI is InChI=1S/C24H32O8/c1-13-7-10-20(2,3)8-6-9-21(4)14(11-15(13)25)12-23-16(26)17(29-21)30-24(32-23,19(27)28)18-22(23,5)31-18/h6-8,14-15,17-18,25H,9-12H2,1-5H3,(H,27,28)/b8-6+,13-7-. The van der Waals surface area contributed by atoms with Crippen LogP contribution in [-0.4, -0.2) is 63.1 Å². The maximum Gasteiger partial charge on any atom is 0.367 e. The molecule has 8 nitrogen and oxygen atoms in total.